The van der Waals surface area contributed by atoms with Crippen molar-refractivity contribution < 1.29 is 13.2 Å². The van der Waals surface area contributed by atoms with Gasteiger partial charge >= 0.3 is 0 Å². The van der Waals surface area contributed by atoms with Gasteiger partial charge in [-0.3, -0.25) is 4.90 Å². The van der Waals surface area contributed by atoms with Crippen LogP contribution in [-0.2, 0) is 0 Å². The van der Waals surface area contributed by atoms with Crippen molar-refractivity contribution in [2.45, 2.75) is 38.6 Å². The minimum Gasteiger partial charge on any atom is -0.314 e. The van der Waals surface area contributed by atoms with Crippen molar-refractivity contribution in [2.75, 3.05) is 26.2 Å². The zero-order valence-electron chi connectivity index (χ0n) is 12.9. The predicted molar refractivity (Wildman–Crippen MR) is 84.9 cm³/mol. The normalized spacial score (nSPS) is 17.1. The first-order chi connectivity index (χ1) is 10.1. The molecule has 0 aliphatic carbocycles. The summed E-state index contributed by atoms with van der Waals surface area (Å²) in [6.07, 6.45) is 3.71. The number of hydrogen-bond donors (Lipinski definition) is 1. The number of unbranched alkanes of at least 4 members (excludes halogenated alkanes) is 2. The fraction of sp³-hybridized carbons (Fsp3) is 0.625. The zero-order chi connectivity index (χ0) is 15.2. The molecule has 6 heteroatoms. The number of halogens is 4. The number of piperazine rings is 1. The fourth-order valence-corrected chi connectivity index (χ4v) is 2.96. The van der Waals surface area contributed by atoms with Crippen LogP contribution in [0.4, 0.5) is 13.2 Å². The smallest absolute Gasteiger partial charge is 0.133 e. The molecule has 1 aromatic carbocycles. The van der Waals surface area contributed by atoms with E-state index in [4.69, 9.17) is 0 Å². The van der Waals surface area contributed by atoms with Crippen LogP contribution in [-0.4, -0.2) is 31.1 Å². The average molecular weight is 337 g/mol. The molecule has 0 radical (unpaired) electrons. The summed E-state index contributed by atoms with van der Waals surface area (Å²) in [5, 5.41) is 3.24. The molecule has 0 spiro atoms. The first kappa shape index (κ1) is 19.3. The third-order valence-electron chi connectivity index (χ3n) is 4.05. The quantitative estimate of drug-likeness (QED) is 0.788. The SMILES string of the molecule is CCCCC[C@@H](c1c(F)cc(F)cc1F)N1CCNCC1.Cl. The van der Waals surface area contributed by atoms with E-state index in [1.165, 1.54) is 0 Å². The van der Waals surface area contributed by atoms with E-state index in [1.807, 2.05) is 0 Å². The van der Waals surface area contributed by atoms with Gasteiger partial charge in [-0.05, 0) is 6.42 Å². The first-order valence-electron chi connectivity index (χ1n) is 7.72. The molecule has 1 aliphatic rings. The molecular formula is C16H24ClF3N2. The molecule has 1 N–H and O–H groups in total. The summed E-state index contributed by atoms with van der Waals surface area (Å²) in [5.74, 6) is -2.40. The van der Waals surface area contributed by atoms with Crippen LogP contribution in [0, 0.1) is 17.5 Å². The monoisotopic (exact) mass is 336 g/mol. The number of hydrogen-bond acceptors (Lipinski definition) is 2. The number of benzene rings is 1. The summed E-state index contributed by atoms with van der Waals surface area (Å²) in [6.45, 7) is 5.24. The lowest BCUT2D eigenvalue weighted by molar-refractivity contribution is 0.156. The van der Waals surface area contributed by atoms with Gasteiger partial charge < -0.3 is 5.32 Å². The van der Waals surface area contributed by atoms with E-state index in [9.17, 15) is 13.2 Å². The van der Waals surface area contributed by atoms with Crippen molar-refractivity contribution in [3.63, 3.8) is 0 Å². The average Bonchev–Trinajstić information content (AvgIpc) is 2.45. The second-order valence-electron chi connectivity index (χ2n) is 5.58. The Balaban J connectivity index is 0.00000242. The van der Waals surface area contributed by atoms with Crippen LogP contribution in [0.2, 0.25) is 0 Å². The molecule has 1 atom stereocenters. The lowest BCUT2D eigenvalue weighted by Gasteiger charge is -2.35. The molecule has 0 bridgehead atoms. The summed E-state index contributed by atoms with van der Waals surface area (Å²) < 4.78 is 41.3. The Hall–Kier alpha value is -0.780. The Morgan fingerprint density at radius 2 is 1.68 bits per heavy atom. The van der Waals surface area contributed by atoms with Crippen LogP contribution in [0.1, 0.15) is 44.2 Å². The van der Waals surface area contributed by atoms with E-state index in [0.717, 1.165) is 57.6 Å². The van der Waals surface area contributed by atoms with E-state index >= 15 is 0 Å². The maximum atomic E-state index is 14.1. The fourth-order valence-electron chi connectivity index (χ4n) is 2.96. The highest BCUT2D eigenvalue weighted by Crippen LogP contribution is 2.31. The van der Waals surface area contributed by atoms with Crippen molar-refractivity contribution in [2.24, 2.45) is 0 Å². The molecule has 0 amide bonds. The topological polar surface area (TPSA) is 15.3 Å². The van der Waals surface area contributed by atoms with Gasteiger partial charge in [0.2, 0.25) is 0 Å². The number of rotatable bonds is 6. The summed E-state index contributed by atoms with van der Waals surface area (Å²) in [5.41, 5.74) is 0.0226. The van der Waals surface area contributed by atoms with Crippen LogP contribution in [0.15, 0.2) is 12.1 Å². The van der Waals surface area contributed by atoms with Gasteiger partial charge in [-0.1, -0.05) is 26.2 Å². The predicted octanol–water partition coefficient (Wildman–Crippen LogP) is 4.05. The molecule has 2 rings (SSSR count). The molecule has 2 nitrogen and oxygen atoms in total. The van der Waals surface area contributed by atoms with E-state index in [0.29, 0.717) is 6.42 Å². The molecular weight excluding hydrogens is 313 g/mol. The first-order valence-corrected chi connectivity index (χ1v) is 7.72. The molecule has 1 saturated heterocycles. The summed E-state index contributed by atoms with van der Waals surface area (Å²) in [4.78, 5) is 2.10. The van der Waals surface area contributed by atoms with E-state index in [2.05, 4.69) is 17.1 Å². The Kier molecular flexibility index (Phi) is 8.21. The minimum atomic E-state index is -0.860. The van der Waals surface area contributed by atoms with E-state index < -0.39 is 17.5 Å². The van der Waals surface area contributed by atoms with Crippen LogP contribution in [0.3, 0.4) is 0 Å². The van der Waals surface area contributed by atoms with Crippen molar-refractivity contribution in [1.82, 2.24) is 10.2 Å². The highest BCUT2D eigenvalue weighted by atomic mass is 35.5. The second-order valence-corrected chi connectivity index (χ2v) is 5.58. The van der Waals surface area contributed by atoms with Gasteiger partial charge in [-0.2, -0.15) is 0 Å². The van der Waals surface area contributed by atoms with Gasteiger partial charge in [0.25, 0.3) is 0 Å². The Labute approximate surface area is 136 Å². The van der Waals surface area contributed by atoms with E-state index in [-0.39, 0.29) is 24.0 Å². The van der Waals surface area contributed by atoms with Crippen molar-refractivity contribution in [3.05, 3.63) is 35.1 Å². The summed E-state index contributed by atoms with van der Waals surface area (Å²) >= 11 is 0. The molecule has 1 aliphatic heterocycles. The van der Waals surface area contributed by atoms with Gasteiger partial charge in [0.05, 0.1) is 0 Å². The molecule has 1 fully saturated rings. The Bertz CT molecular complexity index is 442. The molecule has 0 unspecified atom stereocenters. The highest BCUT2D eigenvalue weighted by Gasteiger charge is 2.27. The third kappa shape index (κ3) is 4.86. The molecule has 0 saturated carbocycles. The second kappa shape index (κ2) is 9.38. The van der Waals surface area contributed by atoms with Crippen molar-refractivity contribution in [3.8, 4) is 0 Å². The Morgan fingerprint density at radius 1 is 1.09 bits per heavy atom. The van der Waals surface area contributed by atoms with Gasteiger partial charge in [-0.25, -0.2) is 13.2 Å². The van der Waals surface area contributed by atoms with E-state index in [1.54, 1.807) is 0 Å². The molecule has 22 heavy (non-hydrogen) atoms. The lowest BCUT2D eigenvalue weighted by atomic mass is 9.97. The maximum absolute atomic E-state index is 14.1. The zero-order valence-corrected chi connectivity index (χ0v) is 13.7. The molecule has 126 valence electrons. The van der Waals surface area contributed by atoms with Crippen LogP contribution in [0.25, 0.3) is 0 Å². The summed E-state index contributed by atoms with van der Waals surface area (Å²) in [6, 6.07) is 1.26. The number of nitrogens with zero attached hydrogens (tertiary/aromatic N) is 1. The largest absolute Gasteiger partial charge is 0.314 e. The van der Waals surface area contributed by atoms with Crippen molar-refractivity contribution in [1.29, 1.82) is 0 Å². The molecule has 1 aromatic rings. The van der Waals surface area contributed by atoms with Gasteiger partial charge in [-0.15, -0.1) is 12.4 Å². The van der Waals surface area contributed by atoms with Crippen LogP contribution in [0.5, 0.6) is 0 Å². The lowest BCUT2D eigenvalue weighted by Crippen LogP contribution is -2.45. The van der Waals surface area contributed by atoms with Gasteiger partial charge in [0.1, 0.15) is 17.5 Å². The maximum Gasteiger partial charge on any atom is 0.133 e. The van der Waals surface area contributed by atoms with Crippen LogP contribution < -0.4 is 5.32 Å². The summed E-state index contributed by atoms with van der Waals surface area (Å²) in [7, 11) is 0. The number of nitrogens with one attached hydrogen (secondary N) is 1. The highest BCUT2D eigenvalue weighted by molar-refractivity contribution is 5.85. The van der Waals surface area contributed by atoms with Crippen molar-refractivity contribution >= 4 is 12.4 Å². The van der Waals surface area contributed by atoms with Gasteiger partial charge in [0.15, 0.2) is 0 Å². The Morgan fingerprint density at radius 3 is 2.23 bits per heavy atom. The minimum absolute atomic E-state index is 0. The molecule has 1 heterocycles. The molecule has 0 aromatic heterocycles. The standard InChI is InChI=1S/C16H23F3N2.ClH/c1-2-3-4-5-15(21-8-6-20-7-9-21)16-13(18)10-12(17)11-14(16)19;/h10-11,15,20H,2-9H2,1H3;1H/t15-;/m0./s1. The third-order valence-corrected chi connectivity index (χ3v) is 4.05. The van der Waals surface area contributed by atoms with Crippen LogP contribution >= 0.6 is 12.4 Å². The van der Waals surface area contributed by atoms with Gasteiger partial charge in [0, 0.05) is 49.9 Å².